The van der Waals surface area contributed by atoms with Gasteiger partial charge in [0.25, 0.3) is 0 Å². The molecule has 4 aliphatic rings. The molecule has 4 fully saturated rings. The molecule has 0 aromatic heterocycles. The SMILES string of the molecule is CCCC(=O)O[C@H](C)[C@H]1CC[C@H]2[C@@H]3COC(=O)[C@H]4C[C@H](O)[C@H](O)C[C@]4(C)[C@H]3CC[C@]12C. The smallest absolute Gasteiger partial charge is 0.309 e. The quantitative estimate of drug-likeness (QED) is 0.656. The largest absolute Gasteiger partial charge is 0.465 e. The minimum Gasteiger partial charge on any atom is -0.465 e. The maximum atomic E-state index is 12.9. The minimum absolute atomic E-state index is 0.0580. The van der Waals surface area contributed by atoms with Crippen molar-refractivity contribution in [2.24, 2.45) is 40.4 Å². The Morgan fingerprint density at radius 3 is 2.58 bits per heavy atom. The van der Waals surface area contributed by atoms with Gasteiger partial charge in [-0.1, -0.05) is 20.8 Å². The summed E-state index contributed by atoms with van der Waals surface area (Å²) in [6.45, 7) is 8.95. The van der Waals surface area contributed by atoms with Crippen molar-refractivity contribution in [3.05, 3.63) is 0 Å². The van der Waals surface area contributed by atoms with Crippen molar-refractivity contribution >= 4 is 11.9 Å². The monoisotopic (exact) mass is 436 g/mol. The number of ether oxygens (including phenoxy) is 2. The number of cyclic esters (lactones) is 1. The average Bonchev–Trinajstić information content (AvgIpc) is 3.01. The number of rotatable bonds is 4. The van der Waals surface area contributed by atoms with E-state index in [1.165, 1.54) is 0 Å². The average molecular weight is 437 g/mol. The lowest BCUT2D eigenvalue weighted by Crippen LogP contribution is -2.54. The lowest BCUT2D eigenvalue weighted by molar-refractivity contribution is -0.162. The van der Waals surface area contributed by atoms with Gasteiger partial charge >= 0.3 is 11.9 Å². The fraction of sp³-hybridized carbons (Fsp3) is 0.920. The number of hydrogen-bond acceptors (Lipinski definition) is 6. The van der Waals surface area contributed by atoms with Crippen LogP contribution in [0.25, 0.3) is 0 Å². The third kappa shape index (κ3) is 3.72. The first kappa shape index (κ1) is 23.0. The molecule has 6 nitrogen and oxygen atoms in total. The lowest BCUT2D eigenvalue weighted by Gasteiger charge is -2.55. The summed E-state index contributed by atoms with van der Waals surface area (Å²) in [7, 11) is 0. The predicted molar refractivity (Wildman–Crippen MR) is 115 cm³/mol. The molecule has 0 spiro atoms. The van der Waals surface area contributed by atoms with Gasteiger partial charge in [0.05, 0.1) is 24.7 Å². The lowest BCUT2D eigenvalue weighted by atomic mass is 9.49. The van der Waals surface area contributed by atoms with Crippen LogP contribution in [0.4, 0.5) is 0 Å². The van der Waals surface area contributed by atoms with Gasteiger partial charge in [-0.3, -0.25) is 9.59 Å². The number of carbonyl (C=O) groups is 2. The van der Waals surface area contributed by atoms with E-state index in [2.05, 4.69) is 13.8 Å². The Morgan fingerprint density at radius 1 is 1.16 bits per heavy atom. The van der Waals surface area contributed by atoms with Crippen LogP contribution in [0.5, 0.6) is 0 Å². The second-order valence-electron chi connectivity index (χ2n) is 11.3. The van der Waals surface area contributed by atoms with Gasteiger partial charge in [-0.25, -0.2) is 0 Å². The van der Waals surface area contributed by atoms with E-state index in [0.29, 0.717) is 37.2 Å². The van der Waals surface area contributed by atoms with Crippen molar-refractivity contribution in [1.82, 2.24) is 0 Å². The molecule has 3 saturated carbocycles. The molecule has 0 bridgehead atoms. The first-order valence-electron chi connectivity index (χ1n) is 12.3. The van der Waals surface area contributed by atoms with E-state index in [9.17, 15) is 19.8 Å². The van der Waals surface area contributed by atoms with Crippen LogP contribution >= 0.6 is 0 Å². The minimum atomic E-state index is -0.856. The summed E-state index contributed by atoms with van der Waals surface area (Å²) < 4.78 is 11.6. The Morgan fingerprint density at radius 2 is 1.87 bits per heavy atom. The first-order chi connectivity index (χ1) is 14.6. The number of esters is 2. The van der Waals surface area contributed by atoms with E-state index < -0.39 is 12.2 Å². The Bertz CT molecular complexity index is 708. The van der Waals surface area contributed by atoms with E-state index in [1.807, 2.05) is 13.8 Å². The highest BCUT2D eigenvalue weighted by atomic mass is 16.5. The Balaban J connectivity index is 1.58. The number of fused-ring (bicyclic) bond motifs is 5. The molecule has 0 aromatic rings. The zero-order valence-corrected chi connectivity index (χ0v) is 19.5. The van der Waals surface area contributed by atoms with Crippen LogP contribution in [0.2, 0.25) is 0 Å². The topological polar surface area (TPSA) is 93.1 Å². The van der Waals surface area contributed by atoms with Gasteiger partial charge < -0.3 is 19.7 Å². The summed E-state index contributed by atoms with van der Waals surface area (Å²) in [5.74, 6) is 0.614. The van der Waals surface area contributed by atoms with Crippen molar-refractivity contribution in [2.75, 3.05) is 6.61 Å². The summed E-state index contributed by atoms with van der Waals surface area (Å²) in [6.07, 6.45) is 4.36. The van der Waals surface area contributed by atoms with Gasteiger partial charge in [0, 0.05) is 12.3 Å². The molecule has 1 heterocycles. The molecule has 3 aliphatic carbocycles. The second-order valence-corrected chi connectivity index (χ2v) is 11.3. The highest BCUT2D eigenvalue weighted by Crippen LogP contribution is 2.65. The van der Waals surface area contributed by atoms with Gasteiger partial charge in [-0.2, -0.15) is 0 Å². The highest BCUT2D eigenvalue weighted by Gasteiger charge is 2.63. The summed E-state index contributed by atoms with van der Waals surface area (Å²) in [5.41, 5.74) is -0.294. The van der Waals surface area contributed by atoms with Crippen LogP contribution in [0.15, 0.2) is 0 Å². The summed E-state index contributed by atoms with van der Waals surface area (Å²) in [4.78, 5) is 25.0. The van der Waals surface area contributed by atoms with Crippen molar-refractivity contribution < 1.29 is 29.3 Å². The van der Waals surface area contributed by atoms with Crippen molar-refractivity contribution in [2.45, 2.75) is 97.4 Å². The zero-order chi connectivity index (χ0) is 22.6. The molecule has 0 aromatic carbocycles. The van der Waals surface area contributed by atoms with E-state index >= 15 is 0 Å². The second kappa shape index (κ2) is 8.33. The predicted octanol–water partition coefficient (Wildman–Crippen LogP) is 3.47. The number of aliphatic hydroxyl groups is 2. The fourth-order valence-corrected chi connectivity index (χ4v) is 8.15. The van der Waals surface area contributed by atoms with Crippen molar-refractivity contribution in [3.8, 4) is 0 Å². The third-order valence-electron chi connectivity index (χ3n) is 9.76. The van der Waals surface area contributed by atoms with Gasteiger partial charge in [-0.05, 0) is 80.5 Å². The molecular weight excluding hydrogens is 396 g/mol. The van der Waals surface area contributed by atoms with E-state index in [1.54, 1.807) is 0 Å². The molecule has 176 valence electrons. The van der Waals surface area contributed by atoms with Crippen LogP contribution in [0.3, 0.4) is 0 Å². The molecule has 0 amide bonds. The summed E-state index contributed by atoms with van der Waals surface area (Å²) in [6, 6.07) is 0. The maximum Gasteiger partial charge on any atom is 0.309 e. The molecule has 31 heavy (non-hydrogen) atoms. The standard InChI is InChI=1S/C25H40O6/c1-5-6-22(28)31-14(2)16-7-8-17-15-13-30-23(29)19-11-20(26)21(27)12-25(19,4)18(15)9-10-24(16,17)3/h14-21,26-27H,5-13H2,1-4H3/t14-,15+,16-,17+,18+,19-,20+,21-,24-,25-/m1/s1. The fourth-order valence-electron chi connectivity index (χ4n) is 8.15. The van der Waals surface area contributed by atoms with Gasteiger partial charge in [0.1, 0.15) is 6.10 Å². The van der Waals surface area contributed by atoms with Crippen molar-refractivity contribution in [1.29, 1.82) is 0 Å². The molecule has 0 radical (unpaired) electrons. The summed E-state index contributed by atoms with van der Waals surface area (Å²) >= 11 is 0. The molecule has 0 unspecified atom stereocenters. The third-order valence-corrected chi connectivity index (χ3v) is 9.76. The molecule has 4 rings (SSSR count). The highest BCUT2D eigenvalue weighted by molar-refractivity contribution is 5.74. The molecular formula is C25H40O6. The summed E-state index contributed by atoms with van der Waals surface area (Å²) in [5, 5.41) is 20.7. The normalized spacial score (nSPS) is 47.9. The molecule has 2 N–H and O–H groups in total. The molecule has 10 atom stereocenters. The van der Waals surface area contributed by atoms with E-state index in [-0.39, 0.29) is 47.1 Å². The van der Waals surface area contributed by atoms with Gasteiger partial charge in [-0.15, -0.1) is 0 Å². The van der Waals surface area contributed by atoms with Crippen LogP contribution in [-0.2, 0) is 19.1 Å². The first-order valence-corrected chi connectivity index (χ1v) is 12.3. The Kier molecular flexibility index (Phi) is 6.19. The molecule has 6 heteroatoms. The molecule has 1 saturated heterocycles. The number of hydrogen-bond donors (Lipinski definition) is 2. The van der Waals surface area contributed by atoms with Crippen LogP contribution in [0, 0.1) is 40.4 Å². The Labute approximate surface area is 186 Å². The van der Waals surface area contributed by atoms with E-state index in [0.717, 1.165) is 32.1 Å². The zero-order valence-electron chi connectivity index (χ0n) is 19.5. The van der Waals surface area contributed by atoms with Crippen LogP contribution in [0.1, 0.15) is 79.1 Å². The van der Waals surface area contributed by atoms with Gasteiger partial charge in [0.15, 0.2) is 0 Å². The van der Waals surface area contributed by atoms with Crippen LogP contribution < -0.4 is 0 Å². The van der Waals surface area contributed by atoms with E-state index in [4.69, 9.17) is 9.47 Å². The Hall–Kier alpha value is -1.14. The number of aliphatic hydroxyl groups excluding tert-OH is 2. The number of carbonyl (C=O) groups excluding carboxylic acids is 2. The van der Waals surface area contributed by atoms with Crippen LogP contribution in [-0.4, -0.2) is 47.1 Å². The molecule has 1 aliphatic heterocycles. The maximum absolute atomic E-state index is 12.9. The van der Waals surface area contributed by atoms with Gasteiger partial charge in [0.2, 0.25) is 0 Å². The van der Waals surface area contributed by atoms with Crippen molar-refractivity contribution in [3.63, 3.8) is 0 Å².